The highest BCUT2D eigenvalue weighted by Crippen LogP contribution is 2.24. The zero-order chi connectivity index (χ0) is 13.1. The van der Waals surface area contributed by atoms with Gasteiger partial charge in [-0.1, -0.05) is 13.0 Å². The van der Waals surface area contributed by atoms with Gasteiger partial charge in [-0.2, -0.15) is 0 Å². The highest BCUT2D eigenvalue weighted by molar-refractivity contribution is 5.58. The number of aromatic nitrogens is 2. The van der Waals surface area contributed by atoms with Crippen LogP contribution in [0.1, 0.15) is 25.5 Å². The van der Waals surface area contributed by atoms with E-state index in [1.807, 2.05) is 29.9 Å². The van der Waals surface area contributed by atoms with Gasteiger partial charge in [-0.25, -0.2) is 9.37 Å². The van der Waals surface area contributed by atoms with E-state index in [0.29, 0.717) is 11.4 Å². The number of aryl methyl sites for hydroxylation is 1. The van der Waals surface area contributed by atoms with Gasteiger partial charge in [-0.15, -0.1) is 0 Å². The average Bonchev–Trinajstić information content (AvgIpc) is 2.76. The van der Waals surface area contributed by atoms with Gasteiger partial charge in [0.25, 0.3) is 0 Å². The summed E-state index contributed by atoms with van der Waals surface area (Å²) in [5.41, 5.74) is 1.61. The van der Waals surface area contributed by atoms with Crippen molar-refractivity contribution in [2.45, 2.75) is 19.9 Å². The molecule has 0 saturated heterocycles. The number of hydrogen-bond acceptors (Lipinski definition) is 2. The van der Waals surface area contributed by atoms with Crippen LogP contribution >= 0.6 is 0 Å². The molecule has 0 aliphatic heterocycles. The topological polar surface area (TPSA) is 29.9 Å². The Morgan fingerprint density at radius 2 is 2.22 bits per heavy atom. The highest BCUT2D eigenvalue weighted by Gasteiger charge is 2.12. The smallest absolute Gasteiger partial charge is 0.142 e. The Labute approximate surface area is 107 Å². The Morgan fingerprint density at radius 1 is 1.44 bits per heavy atom. The molecule has 0 aliphatic rings. The van der Waals surface area contributed by atoms with Crippen LogP contribution in [0.2, 0.25) is 0 Å². The summed E-state index contributed by atoms with van der Waals surface area (Å²) < 4.78 is 15.7. The van der Waals surface area contributed by atoms with Crippen molar-refractivity contribution in [1.82, 2.24) is 14.9 Å². The molecule has 3 nitrogen and oxygen atoms in total. The number of hydrogen-bond donors (Lipinski definition) is 1. The molecule has 0 bridgehead atoms. The molecule has 1 heterocycles. The first-order valence-electron chi connectivity index (χ1n) is 6.14. The Morgan fingerprint density at radius 3 is 2.83 bits per heavy atom. The Kier molecular flexibility index (Phi) is 3.77. The fourth-order valence-electron chi connectivity index (χ4n) is 2.03. The van der Waals surface area contributed by atoms with Crippen LogP contribution in [-0.4, -0.2) is 16.1 Å². The fraction of sp³-hybridized carbons (Fsp3) is 0.357. The quantitative estimate of drug-likeness (QED) is 0.900. The van der Waals surface area contributed by atoms with Crippen LogP contribution in [0.5, 0.6) is 0 Å². The van der Waals surface area contributed by atoms with Gasteiger partial charge < -0.3 is 9.88 Å². The lowest BCUT2D eigenvalue weighted by molar-refractivity contribution is 0.592. The molecule has 18 heavy (non-hydrogen) atoms. The minimum Gasteiger partial charge on any atom is -0.334 e. The Bertz CT molecular complexity index is 534. The molecule has 2 rings (SSSR count). The third-order valence-corrected chi connectivity index (χ3v) is 3.06. The lowest BCUT2D eigenvalue weighted by Gasteiger charge is -2.14. The van der Waals surface area contributed by atoms with Crippen LogP contribution in [0, 0.1) is 5.82 Å². The monoisotopic (exact) mass is 247 g/mol. The van der Waals surface area contributed by atoms with Crippen molar-refractivity contribution in [1.29, 1.82) is 0 Å². The van der Waals surface area contributed by atoms with E-state index in [0.717, 1.165) is 12.1 Å². The average molecular weight is 247 g/mol. The zero-order valence-electron chi connectivity index (χ0n) is 10.9. The molecule has 0 amide bonds. The first-order valence-corrected chi connectivity index (χ1v) is 6.14. The van der Waals surface area contributed by atoms with Gasteiger partial charge in [0.1, 0.15) is 11.6 Å². The fourth-order valence-corrected chi connectivity index (χ4v) is 2.03. The molecule has 96 valence electrons. The molecule has 0 aliphatic carbocycles. The van der Waals surface area contributed by atoms with Gasteiger partial charge in [-0.3, -0.25) is 0 Å². The maximum atomic E-state index is 13.9. The van der Waals surface area contributed by atoms with E-state index in [-0.39, 0.29) is 11.9 Å². The summed E-state index contributed by atoms with van der Waals surface area (Å²) in [5.74, 6) is 0.412. The van der Waals surface area contributed by atoms with Crippen molar-refractivity contribution in [3.63, 3.8) is 0 Å². The molecule has 1 unspecified atom stereocenters. The summed E-state index contributed by atoms with van der Waals surface area (Å²) in [7, 11) is 1.86. The number of halogens is 1. The molecular formula is C14H18FN3. The van der Waals surface area contributed by atoms with Gasteiger partial charge in [0.15, 0.2) is 0 Å². The lowest BCUT2D eigenvalue weighted by Crippen LogP contribution is -2.17. The first kappa shape index (κ1) is 12.8. The third kappa shape index (κ3) is 2.43. The van der Waals surface area contributed by atoms with Crippen LogP contribution < -0.4 is 5.32 Å². The van der Waals surface area contributed by atoms with E-state index >= 15 is 0 Å². The molecular weight excluding hydrogens is 229 g/mol. The molecule has 0 saturated carbocycles. The van der Waals surface area contributed by atoms with E-state index in [1.54, 1.807) is 6.20 Å². The van der Waals surface area contributed by atoms with Crippen LogP contribution in [0.4, 0.5) is 4.39 Å². The van der Waals surface area contributed by atoms with Crippen molar-refractivity contribution in [3.8, 4) is 11.4 Å². The molecule has 1 atom stereocenters. The van der Waals surface area contributed by atoms with E-state index in [2.05, 4.69) is 24.1 Å². The van der Waals surface area contributed by atoms with Crippen LogP contribution in [-0.2, 0) is 7.05 Å². The molecule has 0 radical (unpaired) electrons. The summed E-state index contributed by atoms with van der Waals surface area (Å²) in [5, 5.41) is 3.32. The molecule has 1 N–H and O–H groups in total. The number of benzene rings is 1. The van der Waals surface area contributed by atoms with Crippen LogP contribution in [0.15, 0.2) is 30.6 Å². The third-order valence-electron chi connectivity index (χ3n) is 3.06. The SMILES string of the molecule is CCNC(C)c1ccc(F)c(-c2nccn2C)c1. The van der Waals surface area contributed by atoms with Gasteiger partial charge in [0.05, 0.1) is 5.56 Å². The van der Waals surface area contributed by atoms with Crippen molar-refractivity contribution in [2.75, 3.05) is 6.54 Å². The molecule has 1 aromatic heterocycles. The highest BCUT2D eigenvalue weighted by atomic mass is 19.1. The summed E-state index contributed by atoms with van der Waals surface area (Å²) in [6, 6.07) is 5.39. The zero-order valence-corrected chi connectivity index (χ0v) is 10.9. The second-order valence-electron chi connectivity index (χ2n) is 4.38. The Hall–Kier alpha value is -1.68. The molecule has 0 spiro atoms. The van der Waals surface area contributed by atoms with E-state index < -0.39 is 0 Å². The van der Waals surface area contributed by atoms with Gasteiger partial charge in [0, 0.05) is 25.5 Å². The first-order chi connectivity index (χ1) is 8.63. The number of imidazole rings is 1. The van der Waals surface area contributed by atoms with E-state index in [4.69, 9.17) is 0 Å². The van der Waals surface area contributed by atoms with Crippen molar-refractivity contribution in [3.05, 3.63) is 42.0 Å². The molecule has 0 fully saturated rings. The van der Waals surface area contributed by atoms with E-state index in [1.165, 1.54) is 6.07 Å². The van der Waals surface area contributed by atoms with Crippen molar-refractivity contribution in [2.24, 2.45) is 7.05 Å². The maximum absolute atomic E-state index is 13.9. The maximum Gasteiger partial charge on any atom is 0.142 e. The summed E-state index contributed by atoms with van der Waals surface area (Å²) in [6.45, 7) is 5.01. The summed E-state index contributed by atoms with van der Waals surface area (Å²) >= 11 is 0. The molecule has 2 aromatic rings. The van der Waals surface area contributed by atoms with Gasteiger partial charge in [-0.05, 0) is 31.2 Å². The van der Waals surface area contributed by atoms with Gasteiger partial charge >= 0.3 is 0 Å². The van der Waals surface area contributed by atoms with Crippen LogP contribution in [0.3, 0.4) is 0 Å². The Balaban J connectivity index is 2.42. The number of nitrogens with zero attached hydrogens (tertiary/aromatic N) is 2. The second kappa shape index (κ2) is 5.31. The minimum absolute atomic E-state index is 0.203. The van der Waals surface area contributed by atoms with Crippen molar-refractivity contribution >= 4 is 0 Å². The normalized spacial score (nSPS) is 12.7. The predicted octanol–water partition coefficient (Wildman–Crippen LogP) is 2.90. The van der Waals surface area contributed by atoms with Crippen molar-refractivity contribution < 1.29 is 4.39 Å². The summed E-state index contributed by atoms with van der Waals surface area (Å²) in [4.78, 5) is 4.20. The van der Waals surface area contributed by atoms with Crippen LogP contribution in [0.25, 0.3) is 11.4 Å². The lowest BCUT2D eigenvalue weighted by atomic mass is 10.0. The number of rotatable bonds is 4. The summed E-state index contributed by atoms with van der Waals surface area (Å²) in [6.07, 6.45) is 3.49. The minimum atomic E-state index is -0.239. The van der Waals surface area contributed by atoms with E-state index in [9.17, 15) is 4.39 Å². The molecule has 4 heteroatoms. The van der Waals surface area contributed by atoms with Gasteiger partial charge in [0.2, 0.25) is 0 Å². The predicted molar refractivity (Wildman–Crippen MR) is 70.7 cm³/mol. The standard InChI is InChI=1S/C14H18FN3/c1-4-16-10(2)11-5-6-13(15)12(9-11)14-17-7-8-18(14)3/h5-10,16H,4H2,1-3H3. The second-order valence-corrected chi connectivity index (χ2v) is 4.38. The number of nitrogens with one attached hydrogen (secondary N) is 1. The largest absolute Gasteiger partial charge is 0.334 e. The molecule has 1 aromatic carbocycles.